The molecule has 1 unspecified atom stereocenters. The summed E-state index contributed by atoms with van der Waals surface area (Å²) in [5, 5.41) is 2.92. The smallest absolute Gasteiger partial charge is 0.226 e. The molecule has 1 aliphatic rings. The van der Waals surface area contributed by atoms with Crippen LogP contribution in [0, 0.1) is 5.82 Å². The number of nitrogens with zero attached hydrogens (tertiary/aromatic N) is 1. The van der Waals surface area contributed by atoms with Crippen LogP contribution in [0.2, 0.25) is 0 Å². The summed E-state index contributed by atoms with van der Waals surface area (Å²) in [7, 11) is 1.53. The van der Waals surface area contributed by atoms with Crippen LogP contribution in [0.25, 0.3) is 0 Å². The lowest BCUT2D eigenvalue weighted by atomic mass is 10.00. The first kappa shape index (κ1) is 15.3. The van der Waals surface area contributed by atoms with E-state index in [1.54, 1.807) is 24.3 Å². The second-order valence-electron chi connectivity index (χ2n) is 5.29. The van der Waals surface area contributed by atoms with E-state index in [-0.39, 0.29) is 24.2 Å². The number of ether oxygens (including phenoxy) is 2. The van der Waals surface area contributed by atoms with Crippen molar-refractivity contribution >= 4 is 5.91 Å². The van der Waals surface area contributed by atoms with Crippen LogP contribution in [0.3, 0.4) is 0 Å². The number of benzene rings is 1. The van der Waals surface area contributed by atoms with E-state index >= 15 is 0 Å². The van der Waals surface area contributed by atoms with Gasteiger partial charge in [-0.3, -0.25) is 4.79 Å². The van der Waals surface area contributed by atoms with Crippen molar-refractivity contribution in [3.8, 4) is 11.6 Å². The molecular weight excluding hydrogens is 299 g/mol. The monoisotopic (exact) mass is 316 g/mol. The first-order chi connectivity index (χ1) is 11.2. The van der Waals surface area contributed by atoms with Crippen molar-refractivity contribution in [2.45, 2.75) is 18.9 Å². The van der Waals surface area contributed by atoms with E-state index in [0.29, 0.717) is 35.9 Å². The van der Waals surface area contributed by atoms with Crippen molar-refractivity contribution in [1.82, 2.24) is 10.3 Å². The molecule has 120 valence electrons. The first-order valence-corrected chi connectivity index (χ1v) is 7.37. The van der Waals surface area contributed by atoms with Gasteiger partial charge in [0.05, 0.1) is 31.9 Å². The molecule has 3 rings (SSSR count). The Hall–Kier alpha value is -2.63. The Morgan fingerprint density at radius 3 is 3.13 bits per heavy atom. The second kappa shape index (κ2) is 6.64. The number of rotatable bonds is 4. The Bertz CT molecular complexity index is 721. The van der Waals surface area contributed by atoms with Gasteiger partial charge in [-0.05, 0) is 24.3 Å². The molecule has 1 N–H and O–H groups in total. The Morgan fingerprint density at radius 2 is 2.30 bits per heavy atom. The van der Waals surface area contributed by atoms with Crippen molar-refractivity contribution in [2.75, 3.05) is 13.7 Å². The van der Waals surface area contributed by atoms with Crippen molar-refractivity contribution in [3.05, 3.63) is 53.5 Å². The number of methoxy groups -OCH3 is 1. The molecule has 2 heterocycles. The summed E-state index contributed by atoms with van der Waals surface area (Å²) in [6.45, 7) is 0.487. The van der Waals surface area contributed by atoms with E-state index in [2.05, 4.69) is 10.3 Å². The molecule has 0 saturated carbocycles. The van der Waals surface area contributed by atoms with Gasteiger partial charge in [0.1, 0.15) is 11.6 Å². The van der Waals surface area contributed by atoms with Crippen molar-refractivity contribution < 1.29 is 18.7 Å². The van der Waals surface area contributed by atoms with Crippen LogP contribution < -0.4 is 14.8 Å². The van der Waals surface area contributed by atoms with Gasteiger partial charge in [0.2, 0.25) is 11.8 Å². The number of fused-ring (bicyclic) bond motifs is 1. The summed E-state index contributed by atoms with van der Waals surface area (Å²) in [6, 6.07) is 9.36. The number of hydrogen-bond donors (Lipinski definition) is 1. The van der Waals surface area contributed by atoms with E-state index < -0.39 is 0 Å². The Labute approximate surface area is 133 Å². The van der Waals surface area contributed by atoms with E-state index in [9.17, 15) is 9.18 Å². The van der Waals surface area contributed by atoms with Gasteiger partial charge in [-0.1, -0.05) is 6.07 Å². The van der Waals surface area contributed by atoms with E-state index in [1.165, 1.54) is 19.2 Å². The summed E-state index contributed by atoms with van der Waals surface area (Å²) < 4.78 is 24.0. The molecule has 0 spiro atoms. The van der Waals surface area contributed by atoms with Gasteiger partial charge in [-0.2, -0.15) is 0 Å². The molecule has 1 aliphatic heterocycles. The number of amides is 1. The molecule has 0 saturated heterocycles. The van der Waals surface area contributed by atoms with Gasteiger partial charge in [-0.15, -0.1) is 0 Å². The number of nitrogens with one attached hydrogen (secondary N) is 1. The summed E-state index contributed by atoms with van der Waals surface area (Å²) in [6.07, 6.45) is 0.743. The van der Waals surface area contributed by atoms with Gasteiger partial charge in [-0.25, -0.2) is 9.37 Å². The third-order valence-electron chi connectivity index (χ3n) is 3.68. The number of carbonyl (C=O) groups is 1. The molecule has 1 aromatic carbocycles. The van der Waals surface area contributed by atoms with Crippen LogP contribution in [0.15, 0.2) is 36.4 Å². The molecular formula is C17H17FN2O3. The van der Waals surface area contributed by atoms with Gasteiger partial charge >= 0.3 is 0 Å². The number of halogens is 1. The summed E-state index contributed by atoms with van der Waals surface area (Å²) in [5.41, 5.74) is 1.29. The molecule has 0 radical (unpaired) electrons. The fourth-order valence-electron chi connectivity index (χ4n) is 2.59. The molecule has 2 aromatic rings. The fourth-order valence-corrected chi connectivity index (χ4v) is 2.59. The third kappa shape index (κ3) is 3.59. The molecule has 1 atom stereocenters. The van der Waals surface area contributed by atoms with Gasteiger partial charge in [0.25, 0.3) is 0 Å². The minimum absolute atomic E-state index is 0.138. The fraction of sp³-hybridized carbons (Fsp3) is 0.294. The summed E-state index contributed by atoms with van der Waals surface area (Å²) in [5.74, 6) is 0.562. The van der Waals surface area contributed by atoms with E-state index in [1.807, 2.05) is 0 Å². The molecule has 23 heavy (non-hydrogen) atoms. The maximum atomic E-state index is 13.4. The number of carbonyl (C=O) groups excluding carboxylic acids is 1. The third-order valence-corrected chi connectivity index (χ3v) is 3.68. The predicted molar refractivity (Wildman–Crippen MR) is 81.9 cm³/mol. The predicted octanol–water partition coefficient (Wildman–Crippen LogP) is 2.41. The lowest BCUT2D eigenvalue weighted by Crippen LogP contribution is -2.33. The average molecular weight is 316 g/mol. The van der Waals surface area contributed by atoms with Gasteiger partial charge in [0, 0.05) is 18.1 Å². The van der Waals surface area contributed by atoms with Crippen LogP contribution in [-0.4, -0.2) is 24.6 Å². The Morgan fingerprint density at radius 1 is 1.43 bits per heavy atom. The van der Waals surface area contributed by atoms with E-state index in [4.69, 9.17) is 9.47 Å². The summed E-state index contributed by atoms with van der Waals surface area (Å²) >= 11 is 0. The lowest BCUT2D eigenvalue weighted by Gasteiger charge is -2.26. The van der Waals surface area contributed by atoms with Crippen LogP contribution in [-0.2, 0) is 11.2 Å². The van der Waals surface area contributed by atoms with Crippen molar-refractivity contribution in [2.24, 2.45) is 0 Å². The van der Waals surface area contributed by atoms with Gasteiger partial charge in [0.15, 0.2) is 0 Å². The highest BCUT2D eigenvalue weighted by molar-refractivity contribution is 5.78. The minimum atomic E-state index is -0.344. The standard InChI is InChI=1S/C17H17FN2O3/c1-22-17-4-2-3-12(19-17)10-16(21)20-14-7-8-23-15-6-5-11(18)9-13(14)15/h2-6,9,14H,7-8,10H2,1H3,(H,20,21). The van der Waals surface area contributed by atoms with E-state index in [0.717, 1.165) is 0 Å². The SMILES string of the molecule is COc1cccc(CC(=O)NC2CCOc3ccc(F)cc32)n1. The molecule has 0 bridgehead atoms. The molecule has 1 aromatic heterocycles. The highest BCUT2D eigenvalue weighted by Gasteiger charge is 2.23. The van der Waals surface area contributed by atoms with Crippen LogP contribution in [0.5, 0.6) is 11.6 Å². The highest BCUT2D eigenvalue weighted by atomic mass is 19.1. The maximum absolute atomic E-state index is 13.4. The zero-order valence-electron chi connectivity index (χ0n) is 12.7. The normalized spacial score (nSPS) is 16.2. The zero-order valence-corrected chi connectivity index (χ0v) is 12.7. The minimum Gasteiger partial charge on any atom is -0.493 e. The largest absolute Gasteiger partial charge is 0.493 e. The number of aromatic nitrogens is 1. The molecule has 1 amide bonds. The average Bonchev–Trinajstić information content (AvgIpc) is 2.55. The molecule has 0 fully saturated rings. The molecule has 0 aliphatic carbocycles. The topological polar surface area (TPSA) is 60.5 Å². The highest BCUT2D eigenvalue weighted by Crippen LogP contribution is 2.32. The summed E-state index contributed by atoms with van der Waals surface area (Å²) in [4.78, 5) is 16.5. The first-order valence-electron chi connectivity index (χ1n) is 7.37. The second-order valence-corrected chi connectivity index (χ2v) is 5.29. The zero-order chi connectivity index (χ0) is 16.2. The number of pyridine rings is 1. The van der Waals surface area contributed by atoms with Crippen molar-refractivity contribution in [1.29, 1.82) is 0 Å². The van der Waals surface area contributed by atoms with Gasteiger partial charge < -0.3 is 14.8 Å². The van der Waals surface area contributed by atoms with Crippen LogP contribution in [0.1, 0.15) is 23.7 Å². The molecule has 5 nitrogen and oxygen atoms in total. The van der Waals surface area contributed by atoms with Crippen LogP contribution >= 0.6 is 0 Å². The van der Waals surface area contributed by atoms with Crippen LogP contribution in [0.4, 0.5) is 4.39 Å². The lowest BCUT2D eigenvalue weighted by molar-refractivity contribution is -0.121. The Balaban J connectivity index is 1.70. The number of hydrogen-bond acceptors (Lipinski definition) is 4. The quantitative estimate of drug-likeness (QED) is 0.941. The Kier molecular flexibility index (Phi) is 4.41. The maximum Gasteiger partial charge on any atom is 0.226 e. The molecule has 6 heteroatoms. The van der Waals surface area contributed by atoms with Crippen molar-refractivity contribution in [3.63, 3.8) is 0 Å².